The molecule has 0 aromatic heterocycles. The molecule has 0 saturated heterocycles. The van der Waals surface area contributed by atoms with Crippen molar-refractivity contribution in [2.75, 3.05) is 52.9 Å². The van der Waals surface area contributed by atoms with Crippen LogP contribution >= 0.6 is 0 Å². The Morgan fingerprint density at radius 1 is 0.328 bits per heavy atom. The number of fused-ring (bicyclic) bond motifs is 8. The summed E-state index contributed by atoms with van der Waals surface area (Å²) in [6.07, 6.45) is 6.04. The van der Waals surface area contributed by atoms with E-state index in [-0.39, 0.29) is 74.5 Å². The van der Waals surface area contributed by atoms with E-state index in [4.69, 9.17) is 18.9 Å². The van der Waals surface area contributed by atoms with Crippen molar-refractivity contribution in [2.24, 2.45) is 0 Å². The van der Waals surface area contributed by atoms with E-state index in [0.29, 0.717) is 19.3 Å². The van der Waals surface area contributed by atoms with E-state index in [1.807, 2.05) is 0 Å². The van der Waals surface area contributed by atoms with Gasteiger partial charge in [0.2, 0.25) is 0 Å². The van der Waals surface area contributed by atoms with Crippen molar-refractivity contribution in [3.63, 3.8) is 0 Å². The molecular formula is C56H80O8. The van der Waals surface area contributed by atoms with Gasteiger partial charge >= 0.3 is 0 Å². The van der Waals surface area contributed by atoms with Gasteiger partial charge in [0.05, 0.1) is 26.4 Å². The number of aliphatic hydroxyl groups is 4. The summed E-state index contributed by atoms with van der Waals surface area (Å²) >= 11 is 0. The van der Waals surface area contributed by atoms with Crippen LogP contribution in [-0.4, -0.2) is 73.3 Å². The van der Waals surface area contributed by atoms with Gasteiger partial charge in [-0.3, -0.25) is 0 Å². The Labute approximate surface area is 385 Å². The molecule has 8 bridgehead atoms. The Morgan fingerprint density at radius 2 is 0.531 bits per heavy atom. The lowest BCUT2D eigenvalue weighted by molar-refractivity contribution is 0.197. The first-order valence-electron chi connectivity index (χ1n) is 23.7. The summed E-state index contributed by atoms with van der Waals surface area (Å²) in [5, 5.41) is 40.6. The predicted octanol–water partition coefficient (Wildman–Crippen LogP) is 10.4. The van der Waals surface area contributed by atoms with Crippen LogP contribution in [0.5, 0.6) is 23.0 Å². The molecule has 5 rings (SSSR count). The second-order valence-electron chi connectivity index (χ2n) is 21.9. The van der Waals surface area contributed by atoms with Crippen LogP contribution in [-0.2, 0) is 53.8 Å². The molecule has 352 valence electrons. The molecule has 0 fully saturated rings. The van der Waals surface area contributed by atoms with Crippen molar-refractivity contribution in [3.05, 3.63) is 115 Å². The molecule has 0 atom stereocenters. The molecule has 4 aromatic carbocycles. The maximum atomic E-state index is 10.2. The van der Waals surface area contributed by atoms with Gasteiger partial charge in [-0.25, -0.2) is 0 Å². The van der Waals surface area contributed by atoms with Crippen LogP contribution < -0.4 is 18.9 Å². The topological polar surface area (TPSA) is 118 Å². The normalized spacial score (nSPS) is 14.2. The Hall–Kier alpha value is -4.08. The number of hydrogen-bond donors (Lipinski definition) is 4. The van der Waals surface area contributed by atoms with E-state index >= 15 is 0 Å². The van der Waals surface area contributed by atoms with Crippen LogP contribution in [0.25, 0.3) is 0 Å². The van der Waals surface area contributed by atoms with Crippen molar-refractivity contribution in [1.29, 1.82) is 0 Å². The molecule has 0 unspecified atom stereocenters. The molecule has 0 spiro atoms. The largest absolute Gasteiger partial charge is 0.491 e. The first-order valence-corrected chi connectivity index (χ1v) is 23.7. The fourth-order valence-corrected chi connectivity index (χ4v) is 8.66. The fourth-order valence-electron chi connectivity index (χ4n) is 8.66. The van der Waals surface area contributed by atoms with Crippen molar-refractivity contribution in [3.8, 4) is 23.0 Å². The van der Waals surface area contributed by atoms with Gasteiger partial charge in [-0.2, -0.15) is 0 Å². The molecule has 0 amide bonds. The van der Waals surface area contributed by atoms with Crippen LogP contribution in [0.15, 0.2) is 48.5 Å². The van der Waals surface area contributed by atoms with Gasteiger partial charge in [-0.05, 0) is 114 Å². The summed E-state index contributed by atoms with van der Waals surface area (Å²) in [6, 6.07) is 18.2. The number of ether oxygens (including phenoxy) is 4. The van der Waals surface area contributed by atoms with Crippen molar-refractivity contribution in [2.45, 2.75) is 156 Å². The third-order valence-corrected chi connectivity index (χ3v) is 12.3. The molecule has 8 heteroatoms. The number of rotatable bonds is 12. The zero-order chi connectivity index (χ0) is 47.0. The lowest BCUT2D eigenvalue weighted by atomic mass is 9.80. The number of aryl methyl sites for hydroxylation is 2. The van der Waals surface area contributed by atoms with Crippen LogP contribution in [0.3, 0.4) is 0 Å². The lowest BCUT2D eigenvalue weighted by Crippen LogP contribution is -2.18. The SMILES string of the molecule is CC(C)(C)c1cc2c(OCCO)c(c1)Cc1cc(C(C)(C)C)cc(c1OCCO)Cc1cc(C(C)(C)C)cc(c1OCCO)Cc1cc(C(C)(C)C)cc(c1OCCO)CCCCC2. The highest BCUT2D eigenvalue weighted by atomic mass is 16.5. The van der Waals surface area contributed by atoms with Crippen molar-refractivity contribution < 1.29 is 39.4 Å². The third-order valence-electron chi connectivity index (χ3n) is 12.3. The second kappa shape index (κ2) is 21.5. The minimum Gasteiger partial charge on any atom is -0.491 e. The molecule has 64 heavy (non-hydrogen) atoms. The highest BCUT2D eigenvalue weighted by Gasteiger charge is 2.28. The van der Waals surface area contributed by atoms with Crippen molar-refractivity contribution in [1.82, 2.24) is 0 Å². The standard InChI is InChI=1S/C56H80O8/c1-53(2,3)45-29-37-16-14-13-15-17-38-30-46(54(4,5)6)32-40(50(38)62-23-19-58)27-42-34-48(56(10,11)12)36-44(52(42)64-25-21-60)28-43-35-47(55(7,8)9)33-41(51(43)63-24-20-59)26-39(31-45)49(37)61-22-18-57/h29-36,57-60H,13-28H2,1-12H3. The maximum absolute atomic E-state index is 10.2. The van der Waals surface area contributed by atoms with E-state index in [1.54, 1.807) is 0 Å². The Kier molecular flexibility index (Phi) is 17.1. The summed E-state index contributed by atoms with van der Waals surface area (Å²) in [7, 11) is 0. The van der Waals surface area contributed by atoms with Gasteiger partial charge in [-0.15, -0.1) is 0 Å². The monoisotopic (exact) mass is 881 g/mol. The van der Waals surface area contributed by atoms with Crippen LogP contribution in [0.2, 0.25) is 0 Å². The maximum Gasteiger partial charge on any atom is 0.126 e. The average Bonchev–Trinajstić information content (AvgIpc) is 3.20. The van der Waals surface area contributed by atoms with E-state index < -0.39 is 0 Å². The highest BCUT2D eigenvalue weighted by molar-refractivity contribution is 5.58. The summed E-state index contributed by atoms with van der Waals surface area (Å²) in [5.74, 6) is 3.09. The fraction of sp³-hybridized carbons (Fsp3) is 0.571. The lowest BCUT2D eigenvalue weighted by Gasteiger charge is -2.28. The zero-order valence-electron chi connectivity index (χ0n) is 41.4. The van der Waals surface area contributed by atoms with Crippen molar-refractivity contribution >= 4 is 0 Å². The minimum atomic E-state index is -0.212. The van der Waals surface area contributed by atoms with Crippen LogP contribution in [0.4, 0.5) is 0 Å². The van der Waals surface area contributed by atoms with Gasteiger partial charge in [0.25, 0.3) is 0 Å². The molecule has 1 aliphatic carbocycles. The summed E-state index contributed by atoms with van der Waals surface area (Å²) in [4.78, 5) is 0. The number of aliphatic hydroxyl groups excluding tert-OH is 4. The zero-order valence-corrected chi connectivity index (χ0v) is 41.4. The summed E-state index contributed by atoms with van der Waals surface area (Å²) in [5.41, 5.74) is 12.4. The van der Waals surface area contributed by atoms with E-state index in [2.05, 4.69) is 132 Å². The van der Waals surface area contributed by atoms with Crippen LogP contribution in [0.1, 0.15) is 169 Å². The van der Waals surface area contributed by atoms with Gasteiger partial charge in [0.15, 0.2) is 0 Å². The molecule has 0 aliphatic heterocycles. The summed E-state index contributed by atoms with van der Waals surface area (Å²) < 4.78 is 26.4. The van der Waals surface area contributed by atoms with Gasteiger partial charge in [0.1, 0.15) is 49.4 Å². The third kappa shape index (κ3) is 13.0. The van der Waals surface area contributed by atoms with E-state index in [1.165, 1.54) is 11.1 Å². The minimum absolute atomic E-state index is 0.0962. The molecule has 0 heterocycles. The quantitative estimate of drug-likeness (QED) is 0.111. The molecular weight excluding hydrogens is 801 g/mol. The molecule has 8 nitrogen and oxygen atoms in total. The molecule has 0 radical (unpaired) electrons. The second-order valence-corrected chi connectivity index (χ2v) is 21.9. The van der Waals surface area contributed by atoms with Gasteiger partial charge < -0.3 is 39.4 Å². The smallest absolute Gasteiger partial charge is 0.126 e. The number of benzene rings is 4. The Morgan fingerprint density at radius 3 is 0.734 bits per heavy atom. The van der Waals surface area contributed by atoms with Gasteiger partial charge in [-0.1, -0.05) is 138 Å². The molecule has 0 saturated carbocycles. The van der Waals surface area contributed by atoms with Crippen LogP contribution in [0, 0.1) is 0 Å². The molecule has 4 aromatic rings. The summed E-state index contributed by atoms with van der Waals surface area (Å²) in [6.45, 7) is 27.0. The van der Waals surface area contributed by atoms with E-state index in [0.717, 1.165) is 111 Å². The highest BCUT2D eigenvalue weighted by Crippen LogP contribution is 2.43. The molecule has 1 aliphatic rings. The molecule has 4 N–H and O–H groups in total. The number of hydrogen-bond acceptors (Lipinski definition) is 8. The Bertz CT molecular complexity index is 2020. The Balaban J connectivity index is 1.92. The average molecular weight is 881 g/mol. The van der Waals surface area contributed by atoms with Gasteiger partial charge in [0, 0.05) is 19.3 Å². The predicted molar refractivity (Wildman–Crippen MR) is 261 cm³/mol. The first kappa shape index (κ1) is 50.9. The van der Waals surface area contributed by atoms with E-state index in [9.17, 15) is 20.4 Å². The first-order chi connectivity index (χ1) is 30.1.